The van der Waals surface area contributed by atoms with Crippen molar-refractivity contribution in [3.63, 3.8) is 0 Å². The smallest absolute Gasteiger partial charge is 0.237 e. The van der Waals surface area contributed by atoms with Gasteiger partial charge in [0.25, 0.3) is 0 Å². The molecule has 0 saturated heterocycles. The molecule has 0 heterocycles. The molecule has 4 nitrogen and oxygen atoms in total. The summed E-state index contributed by atoms with van der Waals surface area (Å²) in [5, 5.41) is 12.4. The van der Waals surface area contributed by atoms with Gasteiger partial charge < -0.3 is 16.2 Å². The average molecular weight is 268 g/mol. The third-order valence-electron chi connectivity index (χ3n) is 2.95. The number of rotatable bonds is 4. The van der Waals surface area contributed by atoms with E-state index in [0.717, 1.165) is 0 Å². The highest BCUT2D eigenvalue weighted by Crippen LogP contribution is 2.18. The normalized spacial score (nSPS) is 14.8. The summed E-state index contributed by atoms with van der Waals surface area (Å²) in [5.41, 5.74) is 5.57. The minimum absolute atomic E-state index is 0.0659. The van der Waals surface area contributed by atoms with Crippen molar-refractivity contribution < 1.29 is 14.3 Å². The number of nitrogens with two attached hydrogens (primary N) is 1. The number of hydrogen-bond acceptors (Lipinski definition) is 3. The lowest BCUT2D eigenvalue weighted by Gasteiger charge is -2.26. The van der Waals surface area contributed by atoms with E-state index in [2.05, 4.69) is 5.32 Å². The topological polar surface area (TPSA) is 75.4 Å². The SMILES string of the molecule is CC(C)(C)[C@H](N)C(=O)NCC(O)c1ccccc1F. The van der Waals surface area contributed by atoms with E-state index >= 15 is 0 Å². The number of nitrogens with one attached hydrogen (secondary N) is 1. The van der Waals surface area contributed by atoms with Crippen LogP contribution in [-0.2, 0) is 4.79 Å². The molecule has 0 aromatic heterocycles. The van der Waals surface area contributed by atoms with Gasteiger partial charge in [0.1, 0.15) is 5.82 Å². The van der Waals surface area contributed by atoms with Gasteiger partial charge in [0, 0.05) is 12.1 Å². The number of halogens is 1. The molecular weight excluding hydrogens is 247 g/mol. The number of hydrogen-bond donors (Lipinski definition) is 3. The first kappa shape index (κ1) is 15.6. The van der Waals surface area contributed by atoms with Crippen molar-refractivity contribution >= 4 is 5.91 Å². The molecular formula is C14H21FN2O2. The van der Waals surface area contributed by atoms with E-state index in [9.17, 15) is 14.3 Å². The van der Waals surface area contributed by atoms with Crippen molar-refractivity contribution in [2.24, 2.45) is 11.1 Å². The van der Waals surface area contributed by atoms with Gasteiger partial charge >= 0.3 is 0 Å². The van der Waals surface area contributed by atoms with Gasteiger partial charge in [-0.15, -0.1) is 0 Å². The Hall–Kier alpha value is -1.46. The Labute approximate surface area is 112 Å². The molecule has 0 saturated carbocycles. The maximum absolute atomic E-state index is 13.4. The second-order valence-electron chi connectivity index (χ2n) is 5.63. The Morgan fingerprint density at radius 3 is 2.53 bits per heavy atom. The zero-order chi connectivity index (χ0) is 14.6. The molecule has 0 aliphatic rings. The van der Waals surface area contributed by atoms with Crippen molar-refractivity contribution in [2.75, 3.05) is 6.54 Å². The number of carbonyl (C=O) groups is 1. The van der Waals surface area contributed by atoms with E-state index < -0.39 is 18.0 Å². The number of aliphatic hydroxyl groups excluding tert-OH is 1. The van der Waals surface area contributed by atoms with Crippen molar-refractivity contribution in [3.05, 3.63) is 35.6 Å². The van der Waals surface area contributed by atoms with Crippen LogP contribution < -0.4 is 11.1 Å². The first-order valence-electron chi connectivity index (χ1n) is 6.19. The maximum Gasteiger partial charge on any atom is 0.237 e. The lowest BCUT2D eigenvalue weighted by molar-refractivity contribution is -0.125. The van der Waals surface area contributed by atoms with E-state index in [-0.39, 0.29) is 23.4 Å². The van der Waals surface area contributed by atoms with Gasteiger partial charge in [-0.05, 0) is 11.5 Å². The van der Waals surface area contributed by atoms with Gasteiger partial charge in [0.2, 0.25) is 5.91 Å². The third kappa shape index (κ3) is 4.29. The number of aliphatic hydroxyl groups is 1. The summed E-state index contributed by atoms with van der Waals surface area (Å²) in [6.45, 7) is 5.49. The summed E-state index contributed by atoms with van der Waals surface area (Å²) >= 11 is 0. The Morgan fingerprint density at radius 2 is 2.00 bits per heavy atom. The molecule has 106 valence electrons. The van der Waals surface area contributed by atoms with Gasteiger partial charge in [-0.2, -0.15) is 0 Å². The van der Waals surface area contributed by atoms with Gasteiger partial charge in [0.05, 0.1) is 12.1 Å². The molecule has 5 heteroatoms. The molecule has 0 radical (unpaired) electrons. The molecule has 19 heavy (non-hydrogen) atoms. The Morgan fingerprint density at radius 1 is 1.42 bits per heavy atom. The molecule has 0 fully saturated rings. The van der Waals surface area contributed by atoms with Crippen LogP contribution in [0.2, 0.25) is 0 Å². The Balaban J connectivity index is 2.58. The summed E-state index contributed by atoms with van der Waals surface area (Å²) in [7, 11) is 0. The third-order valence-corrected chi connectivity index (χ3v) is 2.95. The van der Waals surface area contributed by atoms with Gasteiger partial charge in [0.15, 0.2) is 0 Å². The Kier molecular flexibility index (Phi) is 5.03. The van der Waals surface area contributed by atoms with Crippen LogP contribution in [-0.4, -0.2) is 23.6 Å². The number of carbonyl (C=O) groups excluding carboxylic acids is 1. The maximum atomic E-state index is 13.4. The molecule has 0 spiro atoms. The van der Waals surface area contributed by atoms with E-state index in [1.54, 1.807) is 12.1 Å². The lowest BCUT2D eigenvalue weighted by Crippen LogP contribution is -2.49. The van der Waals surface area contributed by atoms with Crippen LogP contribution in [0.15, 0.2) is 24.3 Å². The van der Waals surface area contributed by atoms with E-state index in [1.165, 1.54) is 12.1 Å². The Bertz CT molecular complexity index is 443. The summed E-state index contributed by atoms with van der Waals surface area (Å²) in [6, 6.07) is 5.24. The number of amides is 1. The predicted molar refractivity (Wildman–Crippen MR) is 71.8 cm³/mol. The zero-order valence-electron chi connectivity index (χ0n) is 11.5. The van der Waals surface area contributed by atoms with Crippen molar-refractivity contribution in [3.8, 4) is 0 Å². The molecule has 4 N–H and O–H groups in total. The highest BCUT2D eigenvalue weighted by Gasteiger charge is 2.27. The molecule has 0 aliphatic heterocycles. The molecule has 1 amide bonds. The first-order valence-corrected chi connectivity index (χ1v) is 6.19. The zero-order valence-corrected chi connectivity index (χ0v) is 11.5. The molecule has 0 aliphatic carbocycles. The van der Waals surface area contributed by atoms with Crippen LogP contribution in [0.1, 0.15) is 32.4 Å². The summed E-state index contributed by atoms with van der Waals surface area (Å²) in [6.07, 6.45) is -1.09. The van der Waals surface area contributed by atoms with Crippen LogP contribution >= 0.6 is 0 Å². The highest BCUT2D eigenvalue weighted by molar-refractivity contribution is 5.82. The average Bonchev–Trinajstić information content (AvgIpc) is 2.34. The monoisotopic (exact) mass is 268 g/mol. The second-order valence-corrected chi connectivity index (χ2v) is 5.63. The first-order chi connectivity index (χ1) is 8.73. The predicted octanol–water partition coefficient (Wildman–Crippen LogP) is 1.35. The molecule has 0 bridgehead atoms. The van der Waals surface area contributed by atoms with E-state index in [4.69, 9.17) is 5.73 Å². The van der Waals surface area contributed by atoms with Crippen molar-refractivity contribution in [1.29, 1.82) is 0 Å². The van der Waals surface area contributed by atoms with Gasteiger partial charge in [-0.25, -0.2) is 4.39 Å². The van der Waals surface area contributed by atoms with Gasteiger partial charge in [-0.1, -0.05) is 39.0 Å². The lowest BCUT2D eigenvalue weighted by atomic mass is 9.87. The molecule has 1 aromatic rings. The standard InChI is InChI=1S/C14H21FN2O2/c1-14(2,3)12(16)13(19)17-8-11(18)9-6-4-5-7-10(9)15/h4-7,11-12,18H,8,16H2,1-3H3,(H,17,19)/t11?,12-/m1/s1. The fraction of sp³-hybridized carbons (Fsp3) is 0.500. The minimum Gasteiger partial charge on any atom is -0.386 e. The van der Waals surface area contributed by atoms with Crippen molar-refractivity contribution in [2.45, 2.75) is 32.9 Å². The summed E-state index contributed by atoms with van der Waals surface area (Å²) in [4.78, 5) is 11.8. The quantitative estimate of drug-likeness (QED) is 0.771. The van der Waals surface area contributed by atoms with Crippen LogP contribution in [0.3, 0.4) is 0 Å². The molecule has 1 aromatic carbocycles. The van der Waals surface area contributed by atoms with E-state index in [0.29, 0.717) is 0 Å². The highest BCUT2D eigenvalue weighted by atomic mass is 19.1. The fourth-order valence-corrected chi connectivity index (χ4v) is 1.56. The largest absolute Gasteiger partial charge is 0.386 e. The van der Waals surface area contributed by atoms with E-state index in [1.807, 2.05) is 20.8 Å². The van der Waals surface area contributed by atoms with Gasteiger partial charge in [-0.3, -0.25) is 4.79 Å². The molecule has 2 atom stereocenters. The fourth-order valence-electron chi connectivity index (χ4n) is 1.56. The number of benzene rings is 1. The summed E-state index contributed by atoms with van der Waals surface area (Å²) in [5.74, 6) is -0.854. The molecule has 1 unspecified atom stereocenters. The van der Waals surface area contributed by atoms with Crippen LogP contribution in [0.25, 0.3) is 0 Å². The van der Waals surface area contributed by atoms with Crippen LogP contribution in [0.5, 0.6) is 0 Å². The van der Waals surface area contributed by atoms with Crippen molar-refractivity contribution in [1.82, 2.24) is 5.32 Å². The summed E-state index contributed by atoms with van der Waals surface area (Å²) < 4.78 is 13.4. The molecule has 1 rings (SSSR count). The second kappa shape index (κ2) is 6.12. The minimum atomic E-state index is -1.09. The van der Waals surface area contributed by atoms with Crippen LogP contribution in [0.4, 0.5) is 4.39 Å². The van der Waals surface area contributed by atoms with Crippen LogP contribution in [0, 0.1) is 11.2 Å².